The van der Waals surface area contributed by atoms with Gasteiger partial charge in [0.15, 0.2) is 0 Å². The van der Waals surface area contributed by atoms with Gasteiger partial charge in [0.2, 0.25) is 0 Å². The number of aromatic nitrogens is 1. The van der Waals surface area contributed by atoms with Crippen molar-refractivity contribution < 1.29 is 4.42 Å². The lowest BCUT2D eigenvalue weighted by atomic mass is 10.5. The number of hydrogen-bond acceptors (Lipinski definition) is 2. The maximum atomic E-state index is 4.85. The first-order valence-corrected chi connectivity index (χ1v) is 2.82. The quantitative estimate of drug-likeness (QED) is 0.485. The molecule has 0 bridgehead atoms. The Labute approximate surface area is 53.9 Å². The fourth-order valence-electron chi connectivity index (χ4n) is 0.449. The molecule has 0 atom stereocenters. The molecule has 0 saturated carbocycles. The van der Waals surface area contributed by atoms with Crippen molar-refractivity contribution >= 4 is 0 Å². The Kier molecular flexibility index (Phi) is 1.92. The van der Waals surface area contributed by atoms with Gasteiger partial charge < -0.3 is 4.42 Å². The predicted octanol–water partition coefficient (Wildman–Crippen LogP) is 1.44. The molecule has 0 aliphatic heterocycles. The highest BCUT2D eigenvalue weighted by atomic mass is 16.3. The summed E-state index contributed by atoms with van der Waals surface area (Å²) in [7, 11) is 0. The lowest BCUT2D eigenvalue weighted by Crippen LogP contribution is -1.67. The highest BCUT2D eigenvalue weighted by Gasteiger charge is 1.84. The van der Waals surface area contributed by atoms with Gasteiger partial charge in [-0.25, -0.2) is 4.98 Å². The summed E-state index contributed by atoms with van der Waals surface area (Å²) >= 11 is 0. The first-order valence-electron chi connectivity index (χ1n) is 2.82. The maximum Gasteiger partial charge on any atom is 0.273 e. The summed E-state index contributed by atoms with van der Waals surface area (Å²) in [6.07, 6.45) is 3.93. The molecule has 1 rings (SSSR count). The van der Waals surface area contributed by atoms with Crippen LogP contribution in [0.15, 0.2) is 16.9 Å². The average molecular weight is 121 g/mol. The Bertz CT molecular complexity index is 215. The van der Waals surface area contributed by atoms with Gasteiger partial charge in [-0.15, -0.1) is 0 Å². The Hall–Kier alpha value is -1.23. The van der Waals surface area contributed by atoms with Crippen LogP contribution in [0.1, 0.15) is 19.2 Å². The Morgan fingerprint density at radius 3 is 3.22 bits per heavy atom. The van der Waals surface area contributed by atoms with Gasteiger partial charge in [0.1, 0.15) is 6.26 Å². The van der Waals surface area contributed by atoms with E-state index in [1.165, 1.54) is 6.26 Å². The normalized spacial score (nSPS) is 8.11. The summed E-state index contributed by atoms with van der Waals surface area (Å²) in [5, 5.41) is 0. The van der Waals surface area contributed by atoms with E-state index in [1.807, 2.05) is 6.92 Å². The lowest BCUT2D eigenvalue weighted by molar-refractivity contribution is 0.543. The van der Waals surface area contributed by atoms with Crippen LogP contribution in [0.2, 0.25) is 0 Å². The summed E-state index contributed by atoms with van der Waals surface area (Å²) < 4.78 is 4.85. The maximum absolute atomic E-state index is 4.85. The lowest BCUT2D eigenvalue weighted by Gasteiger charge is -1.71. The summed E-state index contributed by atoms with van der Waals surface area (Å²) in [5.74, 6) is 6.09. The smallest absolute Gasteiger partial charge is 0.273 e. The molecule has 2 heteroatoms. The molecule has 0 amide bonds. The van der Waals surface area contributed by atoms with Gasteiger partial charge in [0, 0.05) is 6.42 Å². The van der Waals surface area contributed by atoms with Gasteiger partial charge in [-0.05, 0) is 5.92 Å². The Morgan fingerprint density at radius 1 is 1.78 bits per heavy atom. The third kappa shape index (κ3) is 1.61. The zero-order chi connectivity index (χ0) is 6.53. The summed E-state index contributed by atoms with van der Waals surface area (Å²) in [6.45, 7) is 1.98. The zero-order valence-corrected chi connectivity index (χ0v) is 5.22. The molecular weight excluding hydrogens is 114 g/mol. The predicted molar refractivity (Wildman–Crippen MR) is 33.7 cm³/mol. The van der Waals surface area contributed by atoms with E-state index in [4.69, 9.17) is 4.42 Å². The topological polar surface area (TPSA) is 26.0 Å². The summed E-state index contributed by atoms with van der Waals surface area (Å²) in [4.78, 5) is 3.81. The van der Waals surface area contributed by atoms with Gasteiger partial charge in [-0.3, -0.25) is 0 Å². The van der Waals surface area contributed by atoms with E-state index < -0.39 is 0 Å². The molecule has 0 radical (unpaired) electrons. The highest BCUT2D eigenvalue weighted by molar-refractivity contribution is 5.16. The SMILES string of the molecule is CCC#Cc1ncco1. The minimum atomic E-state index is 0.497. The zero-order valence-electron chi connectivity index (χ0n) is 5.22. The van der Waals surface area contributed by atoms with Crippen LogP contribution in [-0.2, 0) is 0 Å². The fraction of sp³-hybridized carbons (Fsp3) is 0.286. The van der Waals surface area contributed by atoms with Crippen LogP contribution in [-0.4, -0.2) is 4.98 Å². The van der Waals surface area contributed by atoms with E-state index in [0.29, 0.717) is 5.89 Å². The molecule has 0 spiro atoms. The van der Waals surface area contributed by atoms with Crippen molar-refractivity contribution in [3.63, 3.8) is 0 Å². The molecule has 0 N–H and O–H groups in total. The van der Waals surface area contributed by atoms with Gasteiger partial charge >= 0.3 is 0 Å². The second kappa shape index (κ2) is 2.93. The minimum absolute atomic E-state index is 0.497. The van der Waals surface area contributed by atoms with Crippen molar-refractivity contribution in [2.24, 2.45) is 0 Å². The molecule has 0 unspecified atom stereocenters. The van der Waals surface area contributed by atoms with Gasteiger partial charge in [-0.2, -0.15) is 0 Å². The van der Waals surface area contributed by atoms with Crippen molar-refractivity contribution in [2.45, 2.75) is 13.3 Å². The van der Waals surface area contributed by atoms with E-state index >= 15 is 0 Å². The second-order valence-corrected chi connectivity index (χ2v) is 1.49. The standard InChI is InChI=1S/C7H7NO/c1-2-3-4-7-8-5-6-9-7/h5-6H,2H2,1H3. The van der Waals surface area contributed by atoms with Crippen molar-refractivity contribution in [3.8, 4) is 11.8 Å². The molecular formula is C7H7NO. The van der Waals surface area contributed by atoms with Crippen molar-refractivity contribution in [2.75, 3.05) is 0 Å². The minimum Gasteiger partial charge on any atom is -0.439 e. The van der Waals surface area contributed by atoms with Crippen molar-refractivity contribution in [3.05, 3.63) is 18.4 Å². The van der Waals surface area contributed by atoms with Crippen LogP contribution in [0.5, 0.6) is 0 Å². The molecule has 0 saturated heterocycles. The monoisotopic (exact) mass is 121 g/mol. The molecule has 9 heavy (non-hydrogen) atoms. The van der Waals surface area contributed by atoms with E-state index in [0.717, 1.165) is 6.42 Å². The third-order valence-electron chi connectivity index (χ3n) is 0.804. The van der Waals surface area contributed by atoms with Crippen molar-refractivity contribution in [1.82, 2.24) is 4.98 Å². The van der Waals surface area contributed by atoms with E-state index in [1.54, 1.807) is 6.20 Å². The summed E-state index contributed by atoms with van der Waals surface area (Å²) in [5.41, 5.74) is 0. The van der Waals surface area contributed by atoms with Crippen LogP contribution < -0.4 is 0 Å². The molecule has 0 aliphatic rings. The Morgan fingerprint density at radius 2 is 2.67 bits per heavy atom. The molecule has 46 valence electrons. The molecule has 0 fully saturated rings. The Balaban J connectivity index is 2.67. The van der Waals surface area contributed by atoms with E-state index in [-0.39, 0.29) is 0 Å². The van der Waals surface area contributed by atoms with Gasteiger partial charge in [0.05, 0.1) is 6.20 Å². The summed E-state index contributed by atoms with van der Waals surface area (Å²) in [6, 6.07) is 0. The number of nitrogens with zero attached hydrogens (tertiary/aromatic N) is 1. The molecule has 1 aromatic rings. The first kappa shape index (κ1) is 5.90. The van der Waals surface area contributed by atoms with Crippen LogP contribution in [0.25, 0.3) is 0 Å². The molecule has 2 nitrogen and oxygen atoms in total. The van der Waals surface area contributed by atoms with Gasteiger partial charge in [0.25, 0.3) is 5.89 Å². The second-order valence-electron chi connectivity index (χ2n) is 1.49. The molecule has 1 aromatic heterocycles. The number of rotatable bonds is 0. The number of oxazole rings is 1. The van der Waals surface area contributed by atoms with Crippen molar-refractivity contribution in [1.29, 1.82) is 0 Å². The van der Waals surface area contributed by atoms with Gasteiger partial charge in [-0.1, -0.05) is 12.8 Å². The molecule has 1 heterocycles. The van der Waals surface area contributed by atoms with E-state index in [9.17, 15) is 0 Å². The fourth-order valence-corrected chi connectivity index (χ4v) is 0.449. The molecule has 0 aliphatic carbocycles. The largest absolute Gasteiger partial charge is 0.439 e. The van der Waals surface area contributed by atoms with E-state index in [2.05, 4.69) is 16.8 Å². The highest BCUT2D eigenvalue weighted by Crippen LogP contribution is 1.89. The molecule has 0 aromatic carbocycles. The van der Waals surface area contributed by atoms with Crippen LogP contribution in [0.3, 0.4) is 0 Å². The average Bonchev–Trinajstić information content (AvgIpc) is 2.34. The third-order valence-corrected chi connectivity index (χ3v) is 0.804. The number of hydrogen-bond donors (Lipinski definition) is 0. The van der Waals surface area contributed by atoms with Crippen LogP contribution >= 0.6 is 0 Å². The first-order chi connectivity index (χ1) is 4.43. The van der Waals surface area contributed by atoms with Crippen LogP contribution in [0, 0.1) is 11.8 Å². The van der Waals surface area contributed by atoms with Crippen LogP contribution in [0.4, 0.5) is 0 Å².